The van der Waals surface area contributed by atoms with Crippen molar-refractivity contribution >= 4 is 11.9 Å². The van der Waals surface area contributed by atoms with Crippen LogP contribution in [0.25, 0.3) is 0 Å². The van der Waals surface area contributed by atoms with Gasteiger partial charge in [-0.2, -0.15) is 0 Å². The summed E-state index contributed by atoms with van der Waals surface area (Å²) in [4.78, 5) is 31.6. The average Bonchev–Trinajstić information content (AvgIpc) is 3.84. The van der Waals surface area contributed by atoms with E-state index in [0.29, 0.717) is 23.9 Å². The van der Waals surface area contributed by atoms with Crippen LogP contribution in [0.4, 0.5) is 4.79 Å². The van der Waals surface area contributed by atoms with Gasteiger partial charge in [0.15, 0.2) is 0 Å². The molecule has 4 unspecified atom stereocenters. The monoisotopic (exact) mass is 599 g/mol. The van der Waals surface area contributed by atoms with Crippen LogP contribution >= 0.6 is 0 Å². The Balaban J connectivity index is 1.37. The summed E-state index contributed by atoms with van der Waals surface area (Å²) in [5, 5.41) is 5.75. The van der Waals surface area contributed by atoms with Crippen LogP contribution in [0, 0.1) is 17.8 Å². The molecular formula is C37H66N4O2. The number of hydrogen-bond acceptors (Lipinski definition) is 4. The maximum absolute atomic E-state index is 13.3. The van der Waals surface area contributed by atoms with Gasteiger partial charge in [-0.15, -0.1) is 0 Å². The second-order valence-electron chi connectivity index (χ2n) is 15.6. The third kappa shape index (κ3) is 9.44. The quantitative estimate of drug-likeness (QED) is 0.123. The van der Waals surface area contributed by atoms with Gasteiger partial charge in [0.2, 0.25) is 0 Å². The minimum absolute atomic E-state index is 0.0809. The molecule has 1 saturated heterocycles. The molecule has 6 nitrogen and oxygen atoms in total. The molecule has 4 aliphatic carbocycles. The fraction of sp³-hybridized carbons (Fsp3) is 0.946. The van der Waals surface area contributed by atoms with Crippen molar-refractivity contribution in [1.29, 1.82) is 0 Å². The molecule has 246 valence electrons. The minimum atomic E-state index is -0.383. The van der Waals surface area contributed by atoms with Gasteiger partial charge in [-0.1, -0.05) is 97.3 Å². The van der Waals surface area contributed by atoms with Crippen molar-refractivity contribution < 1.29 is 9.59 Å². The number of rotatable bonds is 18. The number of amides is 3. The number of imide groups is 1. The third-order valence-electron chi connectivity index (χ3n) is 12.3. The highest BCUT2D eigenvalue weighted by Crippen LogP contribution is 2.37. The van der Waals surface area contributed by atoms with E-state index in [1.807, 2.05) is 0 Å². The average molecular weight is 599 g/mol. The maximum atomic E-state index is 13.3. The number of nitrogens with zero attached hydrogens (tertiary/aromatic N) is 2. The van der Waals surface area contributed by atoms with Gasteiger partial charge < -0.3 is 5.32 Å². The molecule has 4 atom stereocenters. The van der Waals surface area contributed by atoms with Gasteiger partial charge >= 0.3 is 6.03 Å². The van der Waals surface area contributed by atoms with Crippen LogP contribution in [-0.2, 0) is 4.79 Å². The fourth-order valence-electron chi connectivity index (χ4n) is 10.1. The Morgan fingerprint density at radius 3 is 1.60 bits per heavy atom. The SMILES string of the molecule is CCCCCCC(C)CC(CC(CN(C1CCCC1)C1CCCC1)C1NC(=O)NC1=O)CN(C1CCCC1)C1CCCC1. The molecule has 0 spiro atoms. The second kappa shape index (κ2) is 17.0. The Morgan fingerprint density at radius 2 is 1.16 bits per heavy atom. The van der Waals surface area contributed by atoms with Crippen LogP contribution in [0.3, 0.4) is 0 Å². The molecule has 0 aromatic heterocycles. The Morgan fingerprint density at radius 1 is 0.674 bits per heavy atom. The zero-order valence-electron chi connectivity index (χ0n) is 28.0. The number of carbonyl (C=O) groups is 2. The second-order valence-corrected chi connectivity index (χ2v) is 15.6. The summed E-state index contributed by atoms with van der Waals surface area (Å²) in [6.45, 7) is 6.97. The molecule has 5 fully saturated rings. The van der Waals surface area contributed by atoms with Crippen LogP contribution in [0.1, 0.15) is 162 Å². The van der Waals surface area contributed by atoms with E-state index in [2.05, 4.69) is 34.3 Å². The van der Waals surface area contributed by atoms with Crippen molar-refractivity contribution in [3.63, 3.8) is 0 Å². The van der Waals surface area contributed by atoms with Gasteiger partial charge in [0.1, 0.15) is 6.04 Å². The topological polar surface area (TPSA) is 64.7 Å². The summed E-state index contributed by atoms with van der Waals surface area (Å²) < 4.78 is 0. The first-order chi connectivity index (χ1) is 21.0. The molecule has 0 aromatic carbocycles. The van der Waals surface area contributed by atoms with Crippen LogP contribution in [0.15, 0.2) is 0 Å². The minimum Gasteiger partial charge on any atom is -0.326 e. The molecule has 1 heterocycles. The highest BCUT2D eigenvalue weighted by Gasteiger charge is 2.42. The van der Waals surface area contributed by atoms with Crippen molar-refractivity contribution in [3.8, 4) is 0 Å². The molecule has 6 heteroatoms. The lowest BCUT2D eigenvalue weighted by molar-refractivity contribution is -0.121. The number of unbranched alkanes of at least 4 members (excludes halogenated alkanes) is 3. The molecule has 5 rings (SSSR count). The molecule has 0 radical (unpaired) electrons. The Kier molecular flexibility index (Phi) is 13.1. The number of carbonyl (C=O) groups excluding carboxylic acids is 2. The molecular weight excluding hydrogens is 532 g/mol. The normalized spacial score (nSPS) is 26.7. The molecule has 43 heavy (non-hydrogen) atoms. The summed E-state index contributed by atoms with van der Waals surface area (Å²) in [5.41, 5.74) is 0. The first kappa shape index (κ1) is 33.2. The predicted molar refractivity (Wildman–Crippen MR) is 177 cm³/mol. The molecule has 4 saturated carbocycles. The standard InChI is InChI=1S/C37H66N4O2/c1-3-4-5-6-15-28(2)24-29(26-40(31-16-7-8-17-31)32-18-9-10-19-32)25-30(35-36(42)39-37(43)38-35)27-41(33-20-11-12-21-33)34-22-13-14-23-34/h28-35H,3-27H2,1-2H3,(H2,38,39,42,43). The van der Waals surface area contributed by atoms with E-state index in [4.69, 9.17) is 0 Å². The smallest absolute Gasteiger partial charge is 0.322 e. The Bertz CT molecular complexity index is 810. The van der Waals surface area contributed by atoms with Gasteiger partial charge in [-0.05, 0) is 76.0 Å². The van der Waals surface area contributed by atoms with Crippen LogP contribution in [0.5, 0.6) is 0 Å². The van der Waals surface area contributed by atoms with Crippen molar-refractivity contribution in [3.05, 3.63) is 0 Å². The molecule has 1 aliphatic heterocycles. The number of hydrogen-bond donors (Lipinski definition) is 2. The van der Waals surface area contributed by atoms with Crippen molar-refractivity contribution in [1.82, 2.24) is 20.4 Å². The van der Waals surface area contributed by atoms with E-state index in [9.17, 15) is 9.59 Å². The van der Waals surface area contributed by atoms with Crippen LogP contribution in [-0.4, -0.2) is 65.0 Å². The van der Waals surface area contributed by atoms with Gasteiger partial charge in [0, 0.05) is 43.2 Å². The van der Waals surface area contributed by atoms with Gasteiger partial charge in [0.25, 0.3) is 5.91 Å². The van der Waals surface area contributed by atoms with Crippen LogP contribution in [0.2, 0.25) is 0 Å². The molecule has 3 amide bonds. The zero-order chi connectivity index (χ0) is 30.0. The van der Waals surface area contributed by atoms with E-state index in [1.165, 1.54) is 148 Å². The number of nitrogens with one attached hydrogen (secondary N) is 2. The van der Waals surface area contributed by atoms with Crippen molar-refractivity contribution in [2.75, 3.05) is 13.1 Å². The predicted octanol–water partition coefficient (Wildman–Crippen LogP) is 8.19. The zero-order valence-corrected chi connectivity index (χ0v) is 28.0. The molecule has 0 bridgehead atoms. The molecule has 5 aliphatic rings. The maximum Gasteiger partial charge on any atom is 0.322 e. The lowest BCUT2D eigenvalue weighted by Crippen LogP contribution is -2.50. The molecule has 0 aromatic rings. The first-order valence-electron chi connectivity index (χ1n) is 19.1. The fourth-order valence-corrected chi connectivity index (χ4v) is 10.1. The van der Waals surface area contributed by atoms with E-state index < -0.39 is 0 Å². The molecule has 2 N–H and O–H groups in total. The van der Waals surface area contributed by atoms with Crippen LogP contribution < -0.4 is 10.6 Å². The Labute approximate surface area is 264 Å². The van der Waals surface area contributed by atoms with E-state index in [0.717, 1.165) is 25.0 Å². The summed E-state index contributed by atoms with van der Waals surface area (Å²) >= 11 is 0. The summed E-state index contributed by atoms with van der Waals surface area (Å²) in [6.07, 6.45) is 30.6. The van der Waals surface area contributed by atoms with Gasteiger partial charge in [-0.25, -0.2) is 4.79 Å². The highest BCUT2D eigenvalue weighted by molar-refractivity contribution is 6.04. The summed E-state index contributed by atoms with van der Waals surface area (Å²) in [7, 11) is 0. The highest BCUT2D eigenvalue weighted by atomic mass is 16.2. The largest absolute Gasteiger partial charge is 0.326 e. The first-order valence-corrected chi connectivity index (χ1v) is 19.1. The third-order valence-corrected chi connectivity index (χ3v) is 12.3. The van der Waals surface area contributed by atoms with E-state index >= 15 is 0 Å². The summed E-state index contributed by atoms with van der Waals surface area (Å²) in [5.74, 6) is 1.39. The summed E-state index contributed by atoms with van der Waals surface area (Å²) in [6, 6.07) is 2.17. The van der Waals surface area contributed by atoms with Crippen molar-refractivity contribution in [2.24, 2.45) is 17.8 Å². The Hall–Kier alpha value is -1.14. The number of urea groups is 1. The van der Waals surface area contributed by atoms with Gasteiger partial charge in [0.05, 0.1) is 0 Å². The van der Waals surface area contributed by atoms with Gasteiger partial charge in [-0.3, -0.25) is 19.9 Å². The lowest BCUT2D eigenvalue weighted by Gasteiger charge is -2.41. The van der Waals surface area contributed by atoms with E-state index in [1.54, 1.807) is 0 Å². The van der Waals surface area contributed by atoms with E-state index in [-0.39, 0.29) is 23.9 Å². The van der Waals surface area contributed by atoms with Crippen molar-refractivity contribution in [2.45, 2.75) is 192 Å². The lowest BCUT2D eigenvalue weighted by atomic mass is 9.81.